The second-order valence-corrected chi connectivity index (χ2v) is 8.03. The summed E-state index contributed by atoms with van der Waals surface area (Å²) in [5, 5.41) is 15.0. The summed E-state index contributed by atoms with van der Waals surface area (Å²) in [4.78, 5) is 39.9. The van der Waals surface area contributed by atoms with Gasteiger partial charge in [-0.2, -0.15) is 0 Å². The Morgan fingerprint density at radius 2 is 1.89 bits per heavy atom. The summed E-state index contributed by atoms with van der Waals surface area (Å²) in [6, 6.07) is -1.09. The molecule has 1 aromatic rings. The molecule has 0 radical (unpaired) electrons. The molecule has 27 heavy (non-hydrogen) atoms. The fourth-order valence-electron chi connectivity index (χ4n) is 2.84. The van der Waals surface area contributed by atoms with E-state index in [1.807, 2.05) is 45.5 Å². The zero-order chi connectivity index (χ0) is 20.8. The van der Waals surface area contributed by atoms with Gasteiger partial charge in [-0.25, -0.2) is 9.78 Å². The number of carbonyl (C=O) groups excluding carboxylic acids is 2. The smallest absolute Gasteiger partial charge is 0.326 e. The summed E-state index contributed by atoms with van der Waals surface area (Å²) in [5.41, 5.74) is 0.501. The Labute approximate surface area is 160 Å². The van der Waals surface area contributed by atoms with Gasteiger partial charge in [-0.05, 0) is 18.8 Å². The van der Waals surface area contributed by atoms with Crippen LogP contribution in [0.2, 0.25) is 0 Å². The van der Waals surface area contributed by atoms with E-state index in [0.717, 1.165) is 5.82 Å². The summed E-state index contributed by atoms with van der Waals surface area (Å²) in [6.45, 7) is 9.83. The van der Waals surface area contributed by atoms with E-state index in [1.165, 1.54) is 0 Å². The third-order valence-electron chi connectivity index (χ3n) is 4.32. The minimum absolute atomic E-state index is 0.0268. The number of hydrogen-bond acceptors (Lipinski definition) is 4. The first-order chi connectivity index (χ1) is 12.4. The molecule has 1 rings (SSSR count). The third kappa shape index (κ3) is 7.40. The summed E-state index contributed by atoms with van der Waals surface area (Å²) in [5.74, 6) is -1.34. The second kappa shape index (κ2) is 9.53. The fourth-order valence-corrected chi connectivity index (χ4v) is 2.84. The highest BCUT2D eigenvalue weighted by molar-refractivity contribution is 5.84. The van der Waals surface area contributed by atoms with Crippen LogP contribution in [0.15, 0.2) is 6.20 Å². The molecule has 0 aliphatic rings. The number of carboxylic acid groups (broad SMARTS) is 1. The van der Waals surface area contributed by atoms with Crippen molar-refractivity contribution in [2.45, 2.75) is 65.8 Å². The van der Waals surface area contributed by atoms with Crippen molar-refractivity contribution < 1.29 is 19.5 Å². The number of rotatable bonds is 9. The quantitative estimate of drug-likeness (QED) is 0.604. The lowest BCUT2D eigenvalue weighted by Crippen LogP contribution is -2.46. The first-order valence-corrected chi connectivity index (χ1v) is 9.23. The van der Waals surface area contributed by atoms with E-state index in [2.05, 4.69) is 15.6 Å². The van der Waals surface area contributed by atoms with Crippen LogP contribution in [0.5, 0.6) is 0 Å². The molecule has 3 N–H and O–H groups in total. The molecule has 2 amide bonds. The van der Waals surface area contributed by atoms with Crippen molar-refractivity contribution >= 4 is 17.8 Å². The van der Waals surface area contributed by atoms with Crippen LogP contribution in [-0.2, 0) is 21.4 Å². The van der Waals surface area contributed by atoms with E-state index < -0.39 is 23.8 Å². The molecule has 0 saturated heterocycles. The minimum Gasteiger partial charge on any atom is -0.480 e. The van der Waals surface area contributed by atoms with Gasteiger partial charge in [-0.3, -0.25) is 9.59 Å². The summed E-state index contributed by atoms with van der Waals surface area (Å²) >= 11 is 0. The molecule has 1 heterocycles. The molecule has 0 aromatic carbocycles. The molecule has 1 aromatic heterocycles. The highest BCUT2D eigenvalue weighted by atomic mass is 16.4. The molecule has 8 nitrogen and oxygen atoms in total. The lowest BCUT2D eigenvalue weighted by molar-refractivity contribution is -0.142. The molecule has 0 fully saturated rings. The van der Waals surface area contributed by atoms with Crippen LogP contribution >= 0.6 is 0 Å². The average Bonchev–Trinajstić information content (AvgIpc) is 2.88. The Morgan fingerprint density at radius 1 is 1.26 bits per heavy atom. The number of aliphatic carboxylic acids is 1. The van der Waals surface area contributed by atoms with Gasteiger partial charge in [-0.15, -0.1) is 0 Å². The van der Waals surface area contributed by atoms with Crippen molar-refractivity contribution in [3.05, 3.63) is 17.7 Å². The van der Waals surface area contributed by atoms with E-state index >= 15 is 0 Å². The van der Waals surface area contributed by atoms with Crippen molar-refractivity contribution in [3.63, 3.8) is 0 Å². The lowest BCUT2D eigenvalue weighted by atomic mass is 9.79. The molecular weight excluding hydrogens is 348 g/mol. The fraction of sp³-hybridized carbons (Fsp3) is 0.684. The maximum atomic E-state index is 12.2. The number of aryl methyl sites for hydroxylation is 2. The minimum atomic E-state index is -1.10. The number of imidazole rings is 1. The number of aromatic nitrogens is 2. The highest BCUT2D eigenvalue weighted by Crippen LogP contribution is 2.33. The average molecular weight is 380 g/mol. The van der Waals surface area contributed by atoms with E-state index in [1.54, 1.807) is 6.92 Å². The second-order valence-electron chi connectivity index (χ2n) is 8.03. The number of nitrogens with zero attached hydrogens (tertiary/aromatic N) is 2. The van der Waals surface area contributed by atoms with Crippen LogP contribution in [0, 0.1) is 12.3 Å². The van der Waals surface area contributed by atoms with Crippen molar-refractivity contribution in [3.8, 4) is 0 Å². The van der Waals surface area contributed by atoms with E-state index in [0.29, 0.717) is 18.5 Å². The maximum absolute atomic E-state index is 12.2. The molecule has 0 saturated carbocycles. The summed E-state index contributed by atoms with van der Waals surface area (Å²) in [7, 11) is 1.85. The van der Waals surface area contributed by atoms with E-state index in [4.69, 9.17) is 0 Å². The van der Waals surface area contributed by atoms with Gasteiger partial charge in [0.05, 0.1) is 5.69 Å². The van der Waals surface area contributed by atoms with Gasteiger partial charge in [0.25, 0.3) is 0 Å². The van der Waals surface area contributed by atoms with Crippen molar-refractivity contribution in [2.75, 3.05) is 6.54 Å². The van der Waals surface area contributed by atoms with Gasteiger partial charge in [0.15, 0.2) is 0 Å². The van der Waals surface area contributed by atoms with Crippen LogP contribution < -0.4 is 10.6 Å². The number of nitrogens with one attached hydrogen (secondary N) is 2. The van der Waals surface area contributed by atoms with E-state index in [-0.39, 0.29) is 24.3 Å². The first kappa shape index (κ1) is 22.7. The summed E-state index contributed by atoms with van der Waals surface area (Å²) < 4.78 is 1.84. The zero-order valence-corrected chi connectivity index (χ0v) is 17.1. The van der Waals surface area contributed by atoms with E-state index in [9.17, 15) is 19.5 Å². The molecular formula is C19H32N4O4. The zero-order valence-electron chi connectivity index (χ0n) is 17.1. The summed E-state index contributed by atoms with van der Waals surface area (Å²) in [6.07, 6.45) is 2.73. The first-order valence-electron chi connectivity index (χ1n) is 9.23. The van der Waals surface area contributed by atoms with Crippen LogP contribution in [0.25, 0.3) is 0 Å². The Balaban J connectivity index is 2.97. The van der Waals surface area contributed by atoms with Crippen LogP contribution in [0.3, 0.4) is 0 Å². The normalized spacial score (nSPS) is 13.7. The van der Waals surface area contributed by atoms with Gasteiger partial charge >= 0.3 is 5.97 Å². The van der Waals surface area contributed by atoms with Crippen LogP contribution in [-0.4, -0.2) is 45.0 Å². The van der Waals surface area contributed by atoms with Gasteiger partial charge < -0.3 is 20.3 Å². The third-order valence-corrected chi connectivity index (χ3v) is 4.32. The molecule has 152 valence electrons. The van der Waals surface area contributed by atoms with Gasteiger partial charge in [0.1, 0.15) is 11.9 Å². The SMILES string of the molecule is CCC(=O)NCCC(=O)N[C@H](C(=O)O)C(CC(C)(C)C)c1cn(C)c(C)n1. The molecule has 8 heteroatoms. The Kier molecular flexibility index (Phi) is 7.99. The molecule has 0 bridgehead atoms. The van der Waals surface area contributed by atoms with Crippen molar-refractivity contribution in [2.24, 2.45) is 12.5 Å². The largest absolute Gasteiger partial charge is 0.480 e. The predicted octanol–water partition coefficient (Wildman–Crippen LogP) is 1.73. The Morgan fingerprint density at radius 3 is 2.33 bits per heavy atom. The van der Waals surface area contributed by atoms with Gasteiger partial charge in [0.2, 0.25) is 11.8 Å². The number of hydrogen-bond donors (Lipinski definition) is 3. The van der Waals surface area contributed by atoms with Crippen molar-refractivity contribution in [1.29, 1.82) is 0 Å². The molecule has 0 aliphatic heterocycles. The molecule has 1 unspecified atom stereocenters. The maximum Gasteiger partial charge on any atom is 0.326 e. The number of carbonyl (C=O) groups is 3. The predicted molar refractivity (Wildman–Crippen MR) is 102 cm³/mol. The Bertz CT molecular complexity index is 656. The van der Waals surface area contributed by atoms with Gasteiger partial charge in [-0.1, -0.05) is 27.7 Å². The van der Waals surface area contributed by atoms with Crippen molar-refractivity contribution in [1.82, 2.24) is 20.2 Å². The Hall–Kier alpha value is -2.38. The van der Waals surface area contributed by atoms with Gasteiger partial charge in [0, 0.05) is 38.5 Å². The lowest BCUT2D eigenvalue weighted by Gasteiger charge is -2.29. The van der Waals surface area contributed by atoms with Crippen LogP contribution in [0.4, 0.5) is 0 Å². The topological polar surface area (TPSA) is 113 Å². The number of carboxylic acids is 1. The molecule has 0 aliphatic carbocycles. The highest BCUT2D eigenvalue weighted by Gasteiger charge is 2.35. The molecule has 2 atom stereocenters. The number of amides is 2. The standard InChI is InChI=1S/C19H32N4O4/c1-7-15(24)20-9-8-16(25)22-17(18(26)27)13(10-19(3,4)5)14-11-23(6)12(2)21-14/h11,13,17H,7-10H2,1-6H3,(H,20,24)(H,22,25)(H,26,27)/t13?,17-/m0/s1. The van der Waals surface area contributed by atoms with Crippen LogP contribution in [0.1, 0.15) is 64.4 Å². The molecule has 0 spiro atoms. The monoisotopic (exact) mass is 380 g/mol.